The lowest BCUT2D eigenvalue weighted by Gasteiger charge is -2.43. The average molecular weight is 224 g/mol. The van der Waals surface area contributed by atoms with E-state index in [-0.39, 0.29) is 0 Å². The van der Waals surface area contributed by atoms with E-state index < -0.39 is 0 Å². The predicted molar refractivity (Wildman–Crippen MR) is 69.5 cm³/mol. The van der Waals surface area contributed by atoms with Crippen molar-refractivity contribution in [2.75, 3.05) is 19.6 Å². The number of rotatable bonds is 4. The van der Waals surface area contributed by atoms with Crippen molar-refractivity contribution in [1.29, 1.82) is 0 Å². The summed E-state index contributed by atoms with van der Waals surface area (Å²) in [4.78, 5) is 2.71. The van der Waals surface area contributed by atoms with Crippen LogP contribution in [0.5, 0.6) is 0 Å². The second-order valence-electron chi connectivity index (χ2n) is 6.04. The molecule has 1 atom stereocenters. The Morgan fingerprint density at radius 1 is 1.19 bits per heavy atom. The standard InChI is InChI=1S/C14H28N2/c1-13-6-3-2-4-10-16(13)11-9-14(12-15)7-5-8-14/h13H,2-12,15H2,1H3. The average Bonchev–Trinajstić information content (AvgIpc) is 2.43. The molecule has 0 aromatic heterocycles. The molecule has 2 rings (SSSR count). The molecular formula is C14H28N2. The third-order valence-electron chi connectivity index (χ3n) is 4.97. The zero-order valence-corrected chi connectivity index (χ0v) is 10.9. The molecule has 16 heavy (non-hydrogen) atoms. The van der Waals surface area contributed by atoms with E-state index in [1.54, 1.807) is 0 Å². The minimum Gasteiger partial charge on any atom is -0.330 e. The fraction of sp³-hybridized carbons (Fsp3) is 1.00. The molecule has 0 bridgehead atoms. The van der Waals surface area contributed by atoms with Gasteiger partial charge >= 0.3 is 0 Å². The van der Waals surface area contributed by atoms with E-state index >= 15 is 0 Å². The Balaban J connectivity index is 1.79. The van der Waals surface area contributed by atoms with Gasteiger partial charge in [-0.15, -0.1) is 0 Å². The topological polar surface area (TPSA) is 29.3 Å². The van der Waals surface area contributed by atoms with Crippen LogP contribution in [0.4, 0.5) is 0 Å². The van der Waals surface area contributed by atoms with Gasteiger partial charge in [0.15, 0.2) is 0 Å². The maximum absolute atomic E-state index is 5.93. The van der Waals surface area contributed by atoms with Crippen LogP contribution in [-0.4, -0.2) is 30.6 Å². The highest BCUT2D eigenvalue weighted by molar-refractivity contribution is 4.89. The van der Waals surface area contributed by atoms with Crippen LogP contribution < -0.4 is 5.73 Å². The Morgan fingerprint density at radius 3 is 2.62 bits per heavy atom. The van der Waals surface area contributed by atoms with Gasteiger partial charge < -0.3 is 10.6 Å². The highest BCUT2D eigenvalue weighted by atomic mass is 15.1. The summed E-state index contributed by atoms with van der Waals surface area (Å²) < 4.78 is 0. The van der Waals surface area contributed by atoms with E-state index in [9.17, 15) is 0 Å². The third kappa shape index (κ3) is 2.78. The fourth-order valence-electron chi connectivity index (χ4n) is 3.28. The molecule has 94 valence electrons. The van der Waals surface area contributed by atoms with Gasteiger partial charge in [-0.1, -0.05) is 19.3 Å². The smallest absolute Gasteiger partial charge is 0.00669 e. The van der Waals surface area contributed by atoms with Crippen molar-refractivity contribution in [3.05, 3.63) is 0 Å². The van der Waals surface area contributed by atoms with E-state index in [0.717, 1.165) is 12.6 Å². The molecule has 2 fully saturated rings. The lowest BCUT2D eigenvalue weighted by Crippen LogP contribution is -2.42. The number of nitrogens with zero attached hydrogens (tertiary/aromatic N) is 1. The Bertz CT molecular complexity index is 205. The van der Waals surface area contributed by atoms with Crippen molar-refractivity contribution < 1.29 is 0 Å². The van der Waals surface area contributed by atoms with Gasteiger partial charge in [0, 0.05) is 6.04 Å². The van der Waals surface area contributed by atoms with E-state index in [2.05, 4.69) is 11.8 Å². The molecule has 0 aromatic carbocycles. The van der Waals surface area contributed by atoms with E-state index in [1.165, 1.54) is 64.5 Å². The molecule has 2 nitrogen and oxygen atoms in total. The van der Waals surface area contributed by atoms with E-state index in [0.29, 0.717) is 5.41 Å². The molecule has 0 spiro atoms. The van der Waals surface area contributed by atoms with Gasteiger partial charge in [0.1, 0.15) is 0 Å². The molecule has 1 aliphatic carbocycles. The van der Waals surface area contributed by atoms with Crippen LogP contribution in [0.25, 0.3) is 0 Å². The first kappa shape index (κ1) is 12.4. The summed E-state index contributed by atoms with van der Waals surface area (Å²) in [6.45, 7) is 5.93. The highest BCUT2D eigenvalue weighted by Crippen LogP contribution is 2.43. The minimum absolute atomic E-state index is 0.534. The lowest BCUT2D eigenvalue weighted by atomic mass is 9.66. The SMILES string of the molecule is CC1CCCCCN1CCC1(CN)CCC1. The monoisotopic (exact) mass is 224 g/mol. The zero-order valence-electron chi connectivity index (χ0n) is 10.9. The van der Waals surface area contributed by atoms with Crippen molar-refractivity contribution in [3.8, 4) is 0 Å². The van der Waals surface area contributed by atoms with Crippen LogP contribution in [0.1, 0.15) is 58.3 Å². The van der Waals surface area contributed by atoms with Crippen LogP contribution in [0.15, 0.2) is 0 Å². The quantitative estimate of drug-likeness (QED) is 0.795. The number of likely N-dealkylation sites (tertiary alicyclic amines) is 1. The number of hydrogen-bond donors (Lipinski definition) is 1. The van der Waals surface area contributed by atoms with Gasteiger partial charge in [0.25, 0.3) is 0 Å². The molecule has 1 heterocycles. The molecule has 0 radical (unpaired) electrons. The summed E-state index contributed by atoms with van der Waals surface area (Å²) in [5.41, 5.74) is 6.47. The first-order valence-corrected chi connectivity index (χ1v) is 7.20. The van der Waals surface area contributed by atoms with Crippen LogP contribution in [0.3, 0.4) is 0 Å². The summed E-state index contributed by atoms with van der Waals surface area (Å²) in [6, 6.07) is 0.803. The molecule has 1 unspecified atom stereocenters. The summed E-state index contributed by atoms with van der Waals surface area (Å²) in [6.07, 6.45) is 11.2. The third-order valence-corrected chi connectivity index (χ3v) is 4.97. The van der Waals surface area contributed by atoms with E-state index in [1.807, 2.05) is 0 Å². The fourth-order valence-corrected chi connectivity index (χ4v) is 3.28. The molecule has 1 saturated carbocycles. The second-order valence-corrected chi connectivity index (χ2v) is 6.04. The highest BCUT2D eigenvalue weighted by Gasteiger charge is 2.35. The molecule has 2 heteroatoms. The molecule has 0 amide bonds. The van der Waals surface area contributed by atoms with Crippen LogP contribution in [0.2, 0.25) is 0 Å². The molecule has 2 aliphatic rings. The van der Waals surface area contributed by atoms with Crippen molar-refractivity contribution in [1.82, 2.24) is 4.90 Å². The largest absolute Gasteiger partial charge is 0.330 e. The Kier molecular flexibility index (Phi) is 4.26. The zero-order chi connectivity index (χ0) is 11.4. The van der Waals surface area contributed by atoms with Gasteiger partial charge in [-0.3, -0.25) is 0 Å². The van der Waals surface area contributed by atoms with Crippen LogP contribution >= 0.6 is 0 Å². The van der Waals surface area contributed by atoms with Crippen LogP contribution in [0, 0.1) is 5.41 Å². The maximum atomic E-state index is 5.93. The Morgan fingerprint density at radius 2 is 2.00 bits per heavy atom. The molecule has 2 N–H and O–H groups in total. The minimum atomic E-state index is 0.534. The van der Waals surface area contributed by atoms with Crippen LogP contribution in [-0.2, 0) is 0 Å². The van der Waals surface area contributed by atoms with Gasteiger partial charge in [0.2, 0.25) is 0 Å². The summed E-state index contributed by atoms with van der Waals surface area (Å²) in [5, 5.41) is 0. The van der Waals surface area contributed by atoms with Gasteiger partial charge in [-0.25, -0.2) is 0 Å². The van der Waals surface area contributed by atoms with Crippen molar-refractivity contribution in [2.24, 2.45) is 11.1 Å². The first-order valence-electron chi connectivity index (χ1n) is 7.20. The Hall–Kier alpha value is -0.0800. The van der Waals surface area contributed by atoms with Gasteiger partial charge in [-0.05, 0) is 64.1 Å². The second kappa shape index (κ2) is 5.50. The maximum Gasteiger partial charge on any atom is 0.00669 e. The molecular weight excluding hydrogens is 196 g/mol. The van der Waals surface area contributed by atoms with Crippen molar-refractivity contribution in [3.63, 3.8) is 0 Å². The van der Waals surface area contributed by atoms with Crippen molar-refractivity contribution >= 4 is 0 Å². The predicted octanol–water partition coefficient (Wildman–Crippen LogP) is 2.77. The summed E-state index contributed by atoms with van der Waals surface area (Å²) >= 11 is 0. The number of hydrogen-bond acceptors (Lipinski definition) is 2. The summed E-state index contributed by atoms with van der Waals surface area (Å²) in [5.74, 6) is 0. The molecule has 1 saturated heterocycles. The Labute approximate surface area is 101 Å². The molecule has 1 aliphatic heterocycles. The normalized spacial score (nSPS) is 30.8. The number of nitrogens with two attached hydrogens (primary N) is 1. The van der Waals surface area contributed by atoms with E-state index in [4.69, 9.17) is 5.73 Å². The molecule has 0 aromatic rings. The summed E-state index contributed by atoms with van der Waals surface area (Å²) in [7, 11) is 0. The first-order chi connectivity index (χ1) is 7.76. The van der Waals surface area contributed by atoms with Gasteiger partial charge in [0.05, 0.1) is 0 Å². The van der Waals surface area contributed by atoms with Gasteiger partial charge in [-0.2, -0.15) is 0 Å². The van der Waals surface area contributed by atoms with Crippen molar-refractivity contribution in [2.45, 2.75) is 64.3 Å². The lowest BCUT2D eigenvalue weighted by molar-refractivity contribution is 0.0950.